The molecule has 5 atom stereocenters. The minimum absolute atomic E-state index is 0.0715. The molecule has 0 aliphatic carbocycles. The van der Waals surface area contributed by atoms with Gasteiger partial charge in [0.15, 0.2) is 0 Å². The van der Waals surface area contributed by atoms with Crippen LogP contribution in [0.3, 0.4) is 0 Å². The highest BCUT2D eigenvalue weighted by atomic mass is 16.4. The zero-order chi connectivity index (χ0) is 26.7. The number of aromatic amines is 1. The molecule has 9 N–H and O–H groups in total. The summed E-state index contributed by atoms with van der Waals surface area (Å²) in [5.74, 6) is -5.07. The van der Waals surface area contributed by atoms with Gasteiger partial charge in [0.1, 0.15) is 24.2 Å². The summed E-state index contributed by atoms with van der Waals surface area (Å²) in [6, 6.07) is -5.18. The minimum atomic E-state index is -1.36. The van der Waals surface area contributed by atoms with Crippen molar-refractivity contribution in [1.29, 1.82) is 0 Å². The van der Waals surface area contributed by atoms with Crippen LogP contribution in [0.25, 0.3) is 0 Å². The van der Waals surface area contributed by atoms with E-state index >= 15 is 0 Å². The smallest absolute Gasteiger partial charge is 0.326 e. The van der Waals surface area contributed by atoms with Gasteiger partial charge in [-0.3, -0.25) is 19.2 Å². The maximum absolute atomic E-state index is 12.9. The van der Waals surface area contributed by atoms with Crippen LogP contribution < -0.4 is 21.7 Å². The molecule has 0 saturated carbocycles. The van der Waals surface area contributed by atoms with Gasteiger partial charge in [-0.25, -0.2) is 9.78 Å². The predicted molar refractivity (Wildman–Crippen MR) is 122 cm³/mol. The number of nitrogens with zero attached hydrogens (tertiary/aromatic N) is 1. The molecule has 0 aliphatic rings. The molecule has 0 fully saturated rings. The predicted octanol–water partition coefficient (Wildman–Crippen LogP) is -1.89. The quantitative estimate of drug-likeness (QED) is 0.134. The lowest BCUT2D eigenvalue weighted by atomic mass is 10.0. The maximum Gasteiger partial charge on any atom is 0.326 e. The number of aromatic nitrogens is 2. The van der Waals surface area contributed by atoms with Gasteiger partial charge >= 0.3 is 11.9 Å². The van der Waals surface area contributed by atoms with E-state index in [9.17, 15) is 34.2 Å². The van der Waals surface area contributed by atoms with Crippen LogP contribution in [-0.4, -0.2) is 85.2 Å². The van der Waals surface area contributed by atoms with Crippen LogP contribution in [0.15, 0.2) is 12.5 Å². The number of aliphatic carboxylic acids is 2. The van der Waals surface area contributed by atoms with Gasteiger partial charge in [0.25, 0.3) is 0 Å². The molecule has 5 unspecified atom stereocenters. The lowest BCUT2D eigenvalue weighted by Gasteiger charge is -2.26. The lowest BCUT2D eigenvalue weighted by Crippen LogP contribution is -2.58. The molecule has 3 amide bonds. The van der Waals surface area contributed by atoms with Crippen molar-refractivity contribution in [3.8, 4) is 0 Å². The first-order chi connectivity index (χ1) is 16.3. The number of carbonyl (C=O) groups excluding carboxylic acids is 3. The topological polar surface area (TPSA) is 237 Å². The third kappa shape index (κ3) is 10.5. The van der Waals surface area contributed by atoms with Gasteiger partial charge in [0.05, 0.1) is 12.4 Å². The average molecular weight is 499 g/mol. The maximum atomic E-state index is 12.9. The Labute approximate surface area is 202 Å². The molecule has 0 spiro atoms. The summed E-state index contributed by atoms with van der Waals surface area (Å²) in [5, 5.41) is 35.2. The fraction of sp³-hybridized carbons (Fsp3) is 0.619. The molecular weight excluding hydrogens is 464 g/mol. The van der Waals surface area contributed by atoms with Crippen LogP contribution in [0.1, 0.15) is 45.7 Å². The van der Waals surface area contributed by atoms with Crippen molar-refractivity contribution in [2.45, 2.75) is 76.7 Å². The van der Waals surface area contributed by atoms with E-state index in [0.29, 0.717) is 5.69 Å². The molecule has 1 heterocycles. The van der Waals surface area contributed by atoms with Gasteiger partial charge in [0.2, 0.25) is 17.7 Å². The van der Waals surface area contributed by atoms with Gasteiger partial charge < -0.3 is 42.0 Å². The van der Waals surface area contributed by atoms with Crippen LogP contribution in [0.4, 0.5) is 0 Å². The number of aliphatic hydroxyl groups is 1. The van der Waals surface area contributed by atoms with Gasteiger partial charge in [-0.1, -0.05) is 13.8 Å². The highest BCUT2D eigenvalue weighted by Crippen LogP contribution is 2.09. The fourth-order valence-corrected chi connectivity index (χ4v) is 3.09. The first-order valence-corrected chi connectivity index (χ1v) is 11.1. The number of imidazole rings is 1. The van der Waals surface area contributed by atoms with Gasteiger partial charge in [-0.2, -0.15) is 0 Å². The first-order valence-electron chi connectivity index (χ1n) is 11.1. The standard InChI is InChI=1S/C21H34N6O8/c1-10(2)6-14(19(32)27-15(21(34)35)7-12-8-23-9-24-12)26-18(31)13(4-5-16(29)30)25-20(33)17(22)11(3)28/h8-11,13-15,17,28H,4-7,22H2,1-3H3,(H,23,24)(H,25,33)(H,26,31)(H,27,32)(H,29,30)(H,34,35). The van der Waals surface area contributed by atoms with Crippen molar-refractivity contribution < 1.29 is 39.3 Å². The van der Waals surface area contributed by atoms with Gasteiger partial charge in [-0.05, 0) is 25.7 Å². The largest absolute Gasteiger partial charge is 0.481 e. The second-order valence-electron chi connectivity index (χ2n) is 8.63. The number of hydrogen-bond acceptors (Lipinski definition) is 8. The second-order valence-corrected chi connectivity index (χ2v) is 8.63. The summed E-state index contributed by atoms with van der Waals surface area (Å²) in [6.45, 7) is 4.86. The third-order valence-corrected chi connectivity index (χ3v) is 5.04. The monoisotopic (exact) mass is 498 g/mol. The number of H-pyrrole nitrogens is 1. The Balaban J connectivity index is 3.01. The summed E-state index contributed by atoms with van der Waals surface area (Å²) in [4.78, 5) is 67.3. The normalized spacial score (nSPS) is 15.4. The van der Waals surface area contributed by atoms with Crippen LogP contribution in [0, 0.1) is 5.92 Å². The lowest BCUT2D eigenvalue weighted by molar-refractivity contribution is -0.142. The number of nitrogens with two attached hydrogens (primary N) is 1. The number of carboxylic acid groups (broad SMARTS) is 2. The van der Waals surface area contributed by atoms with Crippen molar-refractivity contribution in [3.63, 3.8) is 0 Å². The number of carboxylic acids is 2. The van der Waals surface area contributed by atoms with Crippen molar-refractivity contribution in [2.24, 2.45) is 11.7 Å². The molecule has 0 saturated heterocycles. The Morgan fingerprint density at radius 2 is 1.54 bits per heavy atom. The number of rotatable bonds is 15. The van der Waals surface area contributed by atoms with E-state index in [0.717, 1.165) is 0 Å². The number of hydrogen-bond donors (Lipinski definition) is 8. The Bertz CT molecular complexity index is 873. The van der Waals surface area contributed by atoms with E-state index in [1.54, 1.807) is 13.8 Å². The molecular formula is C21H34N6O8. The summed E-state index contributed by atoms with van der Waals surface area (Å²) in [7, 11) is 0. The number of nitrogens with one attached hydrogen (secondary N) is 4. The van der Waals surface area contributed by atoms with Crippen molar-refractivity contribution in [2.75, 3.05) is 0 Å². The minimum Gasteiger partial charge on any atom is -0.481 e. The van der Waals surface area contributed by atoms with E-state index < -0.39 is 66.4 Å². The molecule has 14 nitrogen and oxygen atoms in total. The average Bonchev–Trinajstić information content (AvgIpc) is 3.27. The number of aliphatic hydroxyl groups excluding tert-OH is 1. The Hall–Kier alpha value is -3.52. The first kappa shape index (κ1) is 29.5. The molecule has 196 valence electrons. The van der Waals surface area contributed by atoms with E-state index in [2.05, 4.69) is 25.9 Å². The van der Waals surface area contributed by atoms with Crippen LogP contribution >= 0.6 is 0 Å². The van der Waals surface area contributed by atoms with Gasteiger partial charge in [-0.15, -0.1) is 0 Å². The molecule has 0 aromatic carbocycles. The van der Waals surface area contributed by atoms with E-state index in [4.69, 9.17) is 10.8 Å². The number of amides is 3. The molecule has 0 bridgehead atoms. The molecule has 1 rings (SSSR count). The highest BCUT2D eigenvalue weighted by Gasteiger charge is 2.31. The zero-order valence-electron chi connectivity index (χ0n) is 19.9. The molecule has 0 aliphatic heterocycles. The van der Waals surface area contributed by atoms with Gasteiger partial charge in [0, 0.05) is 24.7 Å². The van der Waals surface area contributed by atoms with E-state index in [1.807, 2.05) is 0 Å². The summed E-state index contributed by atoms with van der Waals surface area (Å²) in [5.41, 5.74) is 6.06. The van der Waals surface area contributed by atoms with E-state index in [-0.39, 0.29) is 25.2 Å². The molecule has 14 heteroatoms. The Morgan fingerprint density at radius 1 is 0.971 bits per heavy atom. The molecule has 1 aromatic rings. The second kappa shape index (κ2) is 14.0. The SMILES string of the molecule is CC(C)CC(NC(=O)C(CCC(=O)O)NC(=O)C(N)C(C)O)C(=O)NC(Cc1cnc[nH]1)C(=O)O. The summed E-state index contributed by atoms with van der Waals surface area (Å²) >= 11 is 0. The summed E-state index contributed by atoms with van der Waals surface area (Å²) in [6.07, 6.45) is 0.872. The van der Waals surface area contributed by atoms with Crippen molar-refractivity contribution in [1.82, 2.24) is 25.9 Å². The molecule has 1 aromatic heterocycles. The molecule has 35 heavy (non-hydrogen) atoms. The Kier molecular flexibility index (Phi) is 11.8. The molecule has 0 radical (unpaired) electrons. The zero-order valence-corrected chi connectivity index (χ0v) is 19.9. The third-order valence-electron chi connectivity index (χ3n) is 5.04. The fourth-order valence-electron chi connectivity index (χ4n) is 3.09. The van der Waals surface area contributed by atoms with Crippen LogP contribution in [0.2, 0.25) is 0 Å². The van der Waals surface area contributed by atoms with Crippen LogP contribution in [0.5, 0.6) is 0 Å². The highest BCUT2D eigenvalue weighted by molar-refractivity contribution is 5.94. The Morgan fingerprint density at radius 3 is 2.03 bits per heavy atom. The number of carbonyl (C=O) groups is 5. The van der Waals surface area contributed by atoms with E-state index in [1.165, 1.54) is 19.4 Å². The van der Waals surface area contributed by atoms with Crippen molar-refractivity contribution >= 4 is 29.7 Å². The van der Waals surface area contributed by atoms with Crippen molar-refractivity contribution in [3.05, 3.63) is 18.2 Å². The summed E-state index contributed by atoms with van der Waals surface area (Å²) < 4.78 is 0. The van der Waals surface area contributed by atoms with Crippen LogP contribution in [-0.2, 0) is 30.4 Å².